The number of aliphatic hydroxyl groups is 1. The van der Waals surface area contributed by atoms with Crippen LogP contribution in [0.2, 0.25) is 0 Å². The van der Waals surface area contributed by atoms with E-state index in [-0.39, 0.29) is 0 Å². The van der Waals surface area contributed by atoms with E-state index >= 15 is 0 Å². The molecule has 2 N–H and O–H groups in total. The van der Waals surface area contributed by atoms with Crippen molar-refractivity contribution in [2.45, 2.75) is 37.8 Å². The van der Waals surface area contributed by atoms with Crippen LogP contribution in [-0.2, 0) is 0 Å². The fraction of sp³-hybridized carbons (Fsp3) is 0.538. The Hall–Kier alpha value is -0.380. The van der Waals surface area contributed by atoms with E-state index in [1.54, 1.807) is 0 Å². The van der Waals surface area contributed by atoms with Crippen LogP contribution < -0.4 is 5.32 Å². The smallest absolute Gasteiger partial charge is 0.0914 e. The Morgan fingerprint density at radius 3 is 2.50 bits per heavy atom. The highest BCUT2D eigenvalue weighted by atomic mass is 79.9. The second-order valence-corrected chi connectivity index (χ2v) is 5.37. The van der Waals surface area contributed by atoms with Gasteiger partial charge in [-0.15, -0.1) is 0 Å². The lowest BCUT2D eigenvalue weighted by Crippen LogP contribution is -2.30. The Labute approximate surface area is 105 Å². The van der Waals surface area contributed by atoms with Crippen molar-refractivity contribution in [3.8, 4) is 0 Å². The zero-order chi connectivity index (χ0) is 11.4. The lowest BCUT2D eigenvalue weighted by Gasteiger charge is -2.16. The quantitative estimate of drug-likeness (QED) is 0.890. The first-order valence-electron chi connectivity index (χ1n) is 5.92. The molecule has 0 amide bonds. The number of rotatable bonds is 4. The monoisotopic (exact) mass is 283 g/mol. The third kappa shape index (κ3) is 3.30. The number of hydrogen-bond donors (Lipinski definition) is 2. The van der Waals surface area contributed by atoms with Crippen molar-refractivity contribution in [2.75, 3.05) is 6.54 Å². The van der Waals surface area contributed by atoms with Gasteiger partial charge in [0.05, 0.1) is 6.10 Å². The molecule has 1 aliphatic rings. The van der Waals surface area contributed by atoms with Gasteiger partial charge in [-0.25, -0.2) is 0 Å². The van der Waals surface area contributed by atoms with Gasteiger partial charge >= 0.3 is 0 Å². The maximum Gasteiger partial charge on any atom is 0.0914 e. The molecule has 0 radical (unpaired) electrons. The van der Waals surface area contributed by atoms with E-state index in [1.807, 2.05) is 24.3 Å². The highest BCUT2D eigenvalue weighted by molar-refractivity contribution is 9.10. The van der Waals surface area contributed by atoms with Crippen LogP contribution in [0.3, 0.4) is 0 Å². The van der Waals surface area contributed by atoms with E-state index in [0.29, 0.717) is 12.6 Å². The van der Waals surface area contributed by atoms with E-state index in [1.165, 1.54) is 25.7 Å². The predicted octanol–water partition coefficient (Wildman–Crippen LogP) is 3.01. The summed E-state index contributed by atoms with van der Waals surface area (Å²) in [5, 5.41) is 13.4. The molecule has 0 aliphatic heterocycles. The number of halogens is 1. The summed E-state index contributed by atoms with van der Waals surface area (Å²) in [5.74, 6) is 0. The van der Waals surface area contributed by atoms with E-state index < -0.39 is 6.10 Å². The van der Waals surface area contributed by atoms with Gasteiger partial charge in [0.15, 0.2) is 0 Å². The Morgan fingerprint density at radius 1 is 1.25 bits per heavy atom. The van der Waals surface area contributed by atoms with Gasteiger partial charge < -0.3 is 10.4 Å². The number of hydrogen-bond acceptors (Lipinski definition) is 2. The molecule has 2 nitrogen and oxygen atoms in total. The zero-order valence-corrected chi connectivity index (χ0v) is 10.9. The van der Waals surface area contributed by atoms with Gasteiger partial charge in [0, 0.05) is 17.1 Å². The molecule has 1 aromatic carbocycles. The largest absolute Gasteiger partial charge is 0.387 e. The van der Waals surface area contributed by atoms with Crippen molar-refractivity contribution in [1.82, 2.24) is 5.32 Å². The molecule has 1 aromatic rings. The summed E-state index contributed by atoms with van der Waals surface area (Å²) in [6.45, 7) is 0.659. The van der Waals surface area contributed by atoms with E-state index in [9.17, 15) is 5.11 Å². The molecule has 1 atom stereocenters. The van der Waals surface area contributed by atoms with Gasteiger partial charge in [-0.3, -0.25) is 0 Å². The molecule has 0 spiro atoms. The maximum absolute atomic E-state index is 9.99. The summed E-state index contributed by atoms with van der Waals surface area (Å²) in [5.41, 5.74) is 0.980. The Morgan fingerprint density at radius 2 is 1.88 bits per heavy atom. The van der Waals surface area contributed by atoms with Gasteiger partial charge in [-0.05, 0) is 30.5 Å². The number of aliphatic hydroxyl groups excluding tert-OH is 1. The SMILES string of the molecule is OC(CNC1CCCC1)c1ccc(Br)cc1. The second-order valence-electron chi connectivity index (χ2n) is 4.46. The predicted molar refractivity (Wildman–Crippen MR) is 69.4 cm³/mol. The van der Waals surface area contributed by atoms with E-state index in [0.717, 1.165) is 10.0 Å². The summed E-state index contributed by atoms with van der Waals surface area (Å²) in [4.78, 5) is 0. The lowest BCUT2D eigenvalue weighted by atomic mass is 10.1. The van der Waals surface area contributed by atoms with Crippen molar-refractivity contribution in [3.63, 3.8) is 0 Å². The summed E-state index contributed by atoms with van der Waals surface area (Å²) >= 11 is 3.39. The van der Waals surface area contributed by atoms with Crippen molar-refractivity contribution in [2.24, 2.45) is 0 Å². The highest BCUT2D eigenvalue weighted by Gasteiger charge is 2.16. The Balaban J connectivity index is 1.82. The standard InChI is InChI=1S/C13H18BrNO/c14-11-7-5-10(6-8-11)13(16)9-15-12-3-1-2-4-12/h5-8,12-13,15-16H,1-4,9H2. The molecule has 1 aliphatic carbocycles. The molecule has 1 fully saturated rings. The van der Waals surface area contributed by atoms with Crippen LogP contribution >= 0.6 is 15.9 Å². The van der Waals surface area contributed by atoms with E-state index in [4.69, 9.17) is 0 Å². The van der Waals surface area contributed by atoms with Crippen LogP contribution in [0.15, 0.2) is 28.7 Å². The molecule has 0 bridgehead atoms. The third-order valence-electron chi connectivity index (χ3n) is 3.21. The van der Waals surface area contributed by atoms with Gasteiger partial charge in [-0.1, -0.05) is 40.9 Å². The normalized spacial score (nSPS) is 18.9. The van der Waals surface area contributed by atoms with Gasteiger partial charge in [0.25, 0.3) is 0 Å². The Kier molecular flexibility index (Phi) is 4.38. The summed E-state index contributed by atoms with van der Waals surface area (Å²) < 4.78 is 1.05. The molecule has 1 unspecified atom stereocenters. The van der Waals surface area contributed by atoms with Crippen LogP contribution in [0, 0.1) is 0 Å². The fourth-order valence-electron chi connectivity index (χ4n) is 2.21. The minimum atomic E-state index is -0.395. The van der Waals surface area contributed by atoms with Crippen molar-refractivity contribution in [1.29, 1.82) is 0 Å². The molecule has 1 saturated carbocycles. The molecule has 0 saturated heterocycles. The molecule has 16 heavy (non-hydrogen) atoms. The van der Waals surface area contributed by atoms with Crippen molar-refractivity contribution < 1.29 is 5.11 Å². The average Bonchev–Trinajstić information content (AvgIpc) is 2.80. The molecule has 3 heteroatoms. The summed E-state index contributed by atoms with van der Waals surface area (Å²) in [7, 11) is 0. The van der Waals surface area contributed by atoms with Crippen LogP contribution in [0.4, 0.5) is 0 Å². The molecule has 88 valence electrons. The molecule has 0 aromatic heterocycles. The zero-order valence-electron chi connectivity index (χ0n) is 9.32. The third-order valence-corrected chi connectivity index (χ3v) is 3.74. The van der Waals surface area contributed by atoms with Crippen LogP contribution in [0.25, 0.3) is 0 Å². The molecular weight excluding hydrogens is 266 g/mol. The first kappa shape index (κ1) is 12.1. The molecule has 2 rings (SSSR count). The summed E-state index contributed by atoms with van der Waals surface area (Å²) in [6, 6.07) is 8.48. The van der Waals surface area contributed by atoms with Gasteiger partial charge in [0.2, 0.25) is 0 Å². The first-order chi connectivity index (χ1) is 7.75. The van der Waals surface area contributed by atoms with Crippen molar-refractivity contribution >= 4 is 15.9 Å². The molecular formula is C13H18BrNO. The Bertz CT molecular complexity index is 319. The minimum Gasteiger partial charge on any atom is -0.387 e. The minimum absolute atomic E-state index is 0.395. The lowest BCUT2D eigenvalue weighted by molar-refractivity contribution is 0.170. The maximum atomic E-state index is 9.99. The van der Waals surface area contributed by atoms with E-state index in [2.05, 4.69) is 21.2 Å². The topological polar surface area (TPSA) is 32.3 Å². The van der Waals surface area contributed by atoms with Crippen molar-refractivity contribution in [3.05, 3.63) is 34.3 Å². The van der Waals surface area contributed by atoms with Crippen LogP contribution in [0.5, 0.6) is 0 Å². The van der Waals surface area contributed by atoms with Crippen LogP contribution in [0.1, 0.15) is 37.4 Å². The number of nitrogens with one attached hydrogen (secondary N) is 1. The highest BCUT2D eigenvalue weighted by Crippen LogP contribution is 2.20. The average molecular weight is 284 g/mol. The van der Waals surface area contributed by atoms with Crippen LogP contribution in [-0.4, -0.2) is 17.7 Å². The number of benzene rings is 1. The second kappa shape index (κ2) is 5.80. The fourth-order valence-corrected chi connectivity index (χ4v) is 2.48. The summed E-state index contributed by atoms with van der Waals surface area (Å²) in [6.07, 6.45) is 4.77. The first-order valence-corrected chi connectivity index (χ1v) is 6.72. The van der Waals surface area contributed by atoms with Gasteiger partial charge in [0.1, 0.15) is 0 Å². The van der Waals surface area contributed by atoms with Gasteiger partial charge in [-0.2, -0.15) is 0 Å². The molecule has 0 heterocycles.